The molecule has 0 aliphatic rings. The topological polar surface area (TPSA) is 28.4 Å². The highest BCUT2D eigenvalue weighted by molar-refractivity contribution is 7.80. The lowest BCUT2D eigenvalue weighted by Gasteiger charge is -2.31. The van der Waals surface area contributed by atoms with E-state index in [1.807, 2.05) is 24.0 Å². The van der Waals surface area contributed by atoms with E-state index < -0.39 is 11.6 Å². The zero-order chi connectivity index (χ0) is 17.7. The molecular formula is C18H22F2N2OS. The maximum atomic E-state index is 13.4. The summed E-state index contributed by atoms with van der Waals surface area (Å²) < 4.78 is 32.2. The first-order chi connectivity index (χ1) is 11.4. The van der Waals surface area contributed by atoms with Crippen LogP contribution in [0.1, 0.15) is 39.0 Å². The molecule has 130 valence electrons. The van der Waals surface area contributed by atoms with Crippen molar-refractivity contribution in [2.24, 2.45) is 5.92 Å². The molecular weight excluding hydrogens is 330 g/mol. The Morgan fingerprint density at radius 2 is 1.88 bits per heavy atom. The Kier molecular flexibility index (Phi) is 6.31. The van der Waals surface area contributed by atoms with E-state index in [4.69, 9.17) is 16.6 Å². The van der Waals surface area contributed by atoms with Crippen molar-refractivity contribution in [1.82, 2.24) is 4.90 Å². The number of anilines is 1. The number of rotatable bonds is 6. The van der Waals surface area contributed by atoms with Crippen LogP contribution in [0.15, 0.2) is 41.0 Å². The van der Waals surface area contributed by atoms with Gasteiger partial charge in [-0.05, 0) is 55.7 Å². The van der Waals surface area contributed by atoms with Crippen LogP contribution in [0.25, 0.3) is 0 Å². The predicted octanol–water partition coefficient (Wildman–Crippen LogP) is 5.36. The summed E-state index contributed by atoms with van der Waals surface area (Å²) in [4.78, 5) is 1.97. The lowest BCUT2D eigenvalue weighted by molar-refractivity contribution is 0.281. The van der Waals surface area contributed by atoms with Crippen LogP contribution in [0.2, 0.25) is 0 Å². The standard InChI is InChI=1S/C18H22F2N2OS/c1-12(2)6-7-22(13(3)17-5-4-8-23-17)18(24)21-16-10-14(19)9-15(20)11-16/h4-5,8-13H,6-7H2,1-3H3,(H,21,24). The quantitative estimate of drug-likeness (QED) is 0.708. The highest BCUT2D eigenvalue weighted by atomic mass is 32.1. The SMILES string of the molecule is CC(C)CCN(C(=S)Nc1cc(F)cc(F)c1)C(C)c1ccco1. The molecule has 0 saturated heterocycles. The Labute approximate surface area is 146 Å². The second-order valence-corrected chi connectivity index (χ2v) is 6.54. The van der Waals surface area contributed by atoms with Crippen LogP contribution < -0.4 is 5.32 Å². The molecule has 0 bridgehead atoms. The van der Waals surface area contributed by atoms with Gasteiger partial charge in [-0.1, -0.05) is 13.8 Å². The molecule has 1 aromatic carbocycles. The van der Waals surface area contributed by atoms with E-state index in [1.54, 1.807) is 6.26 Å². The normalized spacial score (nSPS) is 12.2. The number of nitrogens with one attached hydrogen (secondary N) is 1. The molecule has 0 aliphatic heterocycles. The summed E-state index contributed by atoms with van der Waals surface area (Å²) in [5, 5.41) is 3.33. The summed E-state index contributed by atoms with van der Waals surface area (Å²) in [6.45, 7) is 6.96. The number of hydrogen-bond donors (Lipinski definition) is 1. The van der Waals surface area contributed by atoms with Gasteiger partial charge in [0.25, 0.3) is 0 Å². The molecule has 1 N–H and O–H groups in total. The summed E-state index contributed by atoms with van der Waals surface area (Å²) in [6, 6.07) is 6.89. The number of halogens is 2. The highest BCUT2D eigenvalue weighted by Gasteiger charge is 2.21. The average Bonchev–Trinajstić information content (AvgIpc) is 2.99. The van der Waals surface area contributed by atoms with Gasteiger partial charge in [0, 0.05) is 18.3 Å². The van der Waals surface area contributed by atoms with Gasteiger partial charge in [-0.3, -0.25) is 0 Å². The lowest BCUT2D eigenvalue weighted by Crippen LogP contribution is -2.38. The van der Waals surface area contributed by atoms with Crippen molar-refractivity contribution in [1.29, 1.82) is 0 Å². The van der Waals surface area contributed by atoms with Crippen LogP contribution in [-0.2, 0) is 0 Å². The molecule has 0 amide bonds. The van der Waals surface area contributed by atoms with E-state index >= 15 is 0 Å². The van der Waals surface area contributed by atoms with Gasteiger partial charge in [0.05, 0.1) is 12.3 Å². The Morgan fingerprint density at radius 1 is 1.21 bits per heavy atom. The number of benzene rings is 1. The zero-order valence-electron chi connectivity index (χ0n) is 14.1. The maximum Gasteiger partial charge on any atom is 0.174 e. The minimum atomic E-state index is -0.645. The molecule has 2 aromatic rings. The Morgan fingerprint density at radius 3 is 2.42 bits per heavy atom. The first kappa shape index (κ1) is 18.4. The summed E-state index contributed by atoms with van der Waals surface area (Å²) in [5.41, 5.74) is 0.290. The fourth-order valence-electron chi connectivity index (χ4n) is 2.37. The van der Waals surface area contributed by atoms with E-state index in [-0.39, 0.29) is 6.04 Å². The Hall–Kier alpha value is -1.95. The van der Waals surface area contributed by atoms with Crippen LogP contribution in [-0.4, -0.2) is 16.6 Å². The fraction of sp³-hybridized carbons (Fsp3) is 0.389. The van der Waals surface area contributed by atoms with Crippen LogP contribution in [0.5, 0.6) is 0 Å². The lowest BCUT2D eigenvalue weighted by atomic mass is 10.1. The molecule has 0 radical (unpaired) electrons. The number of hydrogen-bond acceptors (Lipinski definition) is 2. The third-order valence-electron chi connectivity index (χ3n) is 3.74. The summed E-state index contributed by atoms with van der Waals surface area (Å²) in [6.07, 6.45) is 2.55. The summed E-state index contributed by atoms with van der Waals surface area (Å²) >= 11 is 5.47. The van der Waals surface area contributed by atoms with Gasteiger partial charge in [-0.15, -0.1) is 0 Å². The van der Waals surface area contributed by atoms with Crippen LogP contribution in [0.4, 0.5) is 14.5 Å². The van der Waals surface area contributed by atoms with Gasteiger partial charge in [-0.2, -0.15) is 0 Å². The van der Waals surface area contributed by atoms with Crippen molar-refractivity contribution in [2.45, 2.75) is 33.2 Å². The average molecular weight is 352 g/mol. The molecule has 6 heteroatoms. The largest absolute Gasteiger partial charge is 0.467 e. The molecule has 1 unspecified atom stereocenters. The molecule has 24 heavy (non-hydrogen) atoms. The van der Waals surface area contributed by atoms with Crippen molar-refractivity contribution in [3.8, 4) is 0 Å². The maximum absolute atomic E-state index is 13.4. The van der Waals surface area contributed by atoms with E-state index in [0.29, 0.717) is 23.3 Å². The van der Waals surface area contributed by atoms with Crippen LogP contribution >= 0.6 is 12.2 Å². The van der Waals surface area contributed by atoms with Crippen LogP contribution in [0.3, 0.4) is 0 Å². The fourth-order valence-corrected chi connectivity index (χ4v) is 2.74. The van der Waals surface area contributed by atoms with E-state index in [2.05, 4.69) is 19.2 Å². The van der Waals surface area contributed by atoms with E-state index in [1.165, 1.54) is 12.1 Å². The van der Waals surface area contributed by atoms with E-state index in [0.717, 1.165) is 18.2 Å². The van der Waals surface area contributed by atoms with Gasteiger partial charge >= 0.3 is 0 Å². The second-order valence-electron chi connectivity index (χ2n) is 6.16. The first-order valence-electron chi connectivity index (χ1n) is 7.94. The molecule has 3 nitrogen and oxygen atoms in total. The summed E-state index contributed by atoms with van der Waals surface area (Å²) in [5.74, 6) is 0.000251. The summed E-state index contributed by atoms with van der Waals surface area (Å²) in [7, 11) is 0. The minimum Gasteiger partial charge on any atom is -0.467 e. The molecule has 0 aliphatic carbocycles. The molecule has 0 saturated carbocycles. The zero-order valence-corrected chi connectivity index (χ0v) is 14.9. The molecule has 1 atom stereocenters. The van der Waals surface area contributed by atoms with Crippen molar-refractivity contribution >= 4 is 23.0 Å². The number of thiocarbonyl (C=S) groups is 1. The van der Waals surface area contributed by atoms with Crippen molar-refractivity contribution < 1.29 is 13.2 Å². The molecule has 0 fully saturated rings. The first-order valence-corrected chi connectivity index (χ1v) is 8.34. The van der Waals surface area contributed by atoms with Gasteiger partial charge in [-0.25, -0.2) is 8.78 Å². The third-order valence-corrected chi connectivity index (χ3v) is 4.08. The van der Waals surface area contributed by atoms with Crippen molar-refractivity contribution in [3.05, 3.63) is 54.0 Å². The highest BCUT2D eigenvalue weighted by Crippen LogP contribution is 2.23. The molecule has 0 spiro atoms. The Bertz CT molecular complexity index is 653. The predicted molar refractivity (Wildman–Crippen MR) is 95.9 cm³/mol. The van der Waals surface area contributed by atoms with Gasteiger partial charge in [0.15, 0.2) is 5.11 Å². The Balaban J connectivity index is 2.16. The monoisotopic (exact) mass is 352 g/mol. The minimum absolute atomic E-state index is 0.0860. The molecule has 2 rings (SSSR count). The van der Waals surface area contributed by atoms with Gasteiger partial charge < -0.3 is 14.6 Å². The smallest absolute Gasteiger partial charge is 0.174 e. The second kappa shape index (κ2) is 8.24. The van der Waals surface area contributed by atoms with Crippen molar-refractivity contribution in [2.75, 3.05) is 11.9 Å². The third kappa shape index (κ3) is 5.03. The number of nitrogens with zero attached hydrogens (tertiary/aromatic N) is 1. The molecule has 1 heterocycles. The molecule has 1 aromatic heterocycles. The van der Waals surface area contributed by atoms with Crippen molar-refractivity contribution in [3.63, 3.8) is 0 Å². The number of furan rings is 1. The van der Waals surface area contributed by atoms with E-state index in [9.17, 15) is 8.78 Å². The van der Waals surface area contributed by atoms with Gasteiger partial charge in [0.1, 0.15) is 17.4 Å². The van der Waals surface area contributed by atoms with Gasteiger partial charge in [0.2, 0.25) is 0 Å². The van der Waals surface area contributed by atoms with Crippen LogP contribution in [0, 0.1) is 17.6 Å².